The molecule has 3 aromatic carbocycles. The first-order valence-corrected chi connectivity index (χ1v) is 11.4. The molecule has 4 rings (SSSR count). The SMILES string of the molecule is CC1(C(NC(=O)c2ccc3ccccc3c2OCc2ccc(SC(F)(F)F)cc2)C(=O)O)CC1. The Hall–Kier alpha value is -3.20. The van der Waals surface area contributed by atoms with Crippen molar-refractivity contribution in [3.8, 4) is 5.75 Å². The molecule has 1 unspecified atom stereocenters. The number of hydrogen-bond donors (Lipinski definition) is 2. The van der Waals surface area contributed by atoms with Crippen LogP contribution in [0.1, 0.15) is 35.7 Å². The van der Waals surface area contributed by atoms with E-state index in [1.807, 2.05) is 19.1 Å². The van der Waals surface area contributed by atoms with E-state index >= 15 is 0 Å². The smallest absolute Gasteiger partial charge is 0.446 e. The summed E-state index contributed by atoms with van der Waals surface area (Å²) in [5, 5.41) is 13.8. The van der Waals surface area contributed by atoms with Gasteiger partial charge >= 0.3 is 11.5 Å². The first kappa shape index (κ1) is 23.9. The Bertz CT molecular complexity index is 1220. The minimum atomic E-state index is -4.37. The molecule has 3 aromatic rings. The number of amides is 1. The molecule has 0 saturated heterocycles. The first-order chi connectivity index (χ1) is 16.1. The highest BCUT2D eigenvalue weighted by atomic mass is 32.2. The molecule has 5 nitrogen and oxygen atoms in total. The zero-order chi connectivity index (χ0) is 24.5. The average molecular weight is 490 g/mol. The van der Waals surface area contributed by atoms with Crippen LogP contribution in [0.4, 0.5) is 13.2 Å². The van der Waals surface area contributed by atoms with Crippen LogP contribution in [0.25, 0.3) is 10.8 Å². The van der Waals surface area contributed by atoms with E-state index in [1.54, 1.807) is 24.3 Å². The second-order valence-electron chi connectivity index (χ2n) is 8.54. The second kappa shape index (κ2) is 9.21. The average Bonchev–Trinajstić information content (AvgIpc) is 3.53. The fourth-order valence-electron chi connectivity index (χ4n) is 3.75. The van der Waals surface area contributed by atoms with Crippen molar-refractivity contribution in [2.24, 2.45) is 5.41 Å². The Morgan fingerprint density at radius 3 is 2.38 bits per heavy atom. The van der Waals surface area contributed by atoms with Crippen molar-refractivity contribution < 1.29 is 32.6 Å². The predicted molar refractivity (Wildman–Crippen MR) is 123 cm³/mol. The molecule has 1 fully saturated rings. The number of benzene rings is 3. The normalized spacial score (nSPS) is 15.5. The number of carboxylic acid groups (broad SMARTS) is 1. The zero-order valence-electron chi connectivity index (χ0n) is 18.2. The molecule has 0 bridgehead atoms. The zero-order valence-corrected chi connectivity index (χ0v) is 19.0. The van der Waals surface area contributed by atoms with Gasteiger partial charge in [-0.25, -0.2) is 4.79 Å². The molecule has 0 spiro atoms. The predicted octanol–water partition coefficient (Wildman–Crippen LogP) is 6.01. The number of rotatable bonds is 8. The number of carbonyl (C=O) groups is 2. The number of carboxylic acids is 1. The lowest BCUT2D eigenvalue weighted by molar-refractivity contribution is -0.141. The lowest BCUT2D eigenvalue weighted by Crippen LogP contribution is -2.46. The van der Waals surface area contributed by atoms with Gasteiger partial charge in [0.15, 0.2) is 0 Å². The van der Waals surface area contributed by atoms with Gasteiger partial charge in [0, 0.05) is 10.3 Å². The molecule has 0 radical (unpaired) electrons. The van der Waals surface area contributed by atoms with Gasteiger partial charge in [-0.3, -0.25) is 4.79 Å². The fraction of sp³-hybridized carbons (Fsp3) is 0.280. The Kier molecular flexibility index (Phi) is 6.49. The monoisotopic (exact) mass is 489 g/mol. The third-order valence-corrected chi connectivity index (χ3v) is 6.66. The van der Waals surface area contributed by atoms with E-state index in [2.05, 4.69) is 5.32 Å². The standard InChI is InChI=1S/C25H22F3NO4S/c1-24(12-13-24)21(23(31)32)29-22(30)19-11-8-16-4-2-3-5-18(16)20(19)33-14-15-6-9-17(10-7-15)34-25(26,27)28/h2-11,21H,12-14H2,1H3,(H,29,30)(H,31,32). The van der Waals surface area contributed by atoms with Crippen LogP contribution in [-0.2, 0) is 11.4 Å². The van der Waals surface area contributed by atoms with Crippen molar-refractivity contribution in [3.63, 3.8) is 0 Å². The van der Waals surface area contributed by atoms with E-state index in [0.29, 0.717) is 23.8 Å². The number of ether oxygens (including phenoxy) is 1. The van der Waals surface area contributed by atoms with Gasteiger partial charge in [0.1, 0.15) is 18.4 Å². The van der Waals surface area contributed by atoms with Gasteiger partial charge in [-0.05, 0) is 59.2 Å². The van der Waals surface area contributed by atoms with Crippen molar-refractivity contribution >= 4 is 34.4 Å². The highest BCUT2D eigenvalue weighted by Crippen LogP contribution is 2.48. The number of nitrogens with one attached hydrogen (secondary N) is 1. The van der Waals surface area contributed by atoms with Crippen LogP contribution in [0, 0.1) is 5.41 Å². The molecule has 0 aliphatic heterocycles. The maximum atomic E-state index is 13.1. The summed E-state index contributed by atoms with van der Waals surface area (Å²) < 4.78 is 43.7. The summed E-state index contributed by atoms with van der Waals surface area (Å²) in [4.78, 5) is 24.9. The largest absolute Gasteiger partial charge is 0.487 e. The quantitative estimate of drug-likeness (QED) is 0.379. The number of halogens is 3. The van der Waals surface area contributed by atoms with Gasteiger partial charge < -0.3 is 15.2 Å². The molecule has 1 aliphatic carbocycles. The minimum Gasteiger partial charge on any atom is -0.487 e. The van der Waals surface area contributed by atoms with Crippen molar-refractivity contribution in [2.45, 2.75) is 42.8 Å². The van der Waals surface area contributed by atoms with Crippen molar-refractivity contribution in [2.75, 3.05) is 0 Å². The topological polar surface area (TPSA) is 75.6 Å². The molecule has 1 aliphatic rings. The third kappa shape index (κ3) is 5.47. The van der Waals surface area contributed by atoms with Crippen molar-refractivity contribution in [1.29, 1.82) is 0 Å². The number of thioether (sulfide) groups is 1. The maximum absolute atomic E-state index is 13.1. The van der Waals surface area contributed by atoms with Crippen LogP contribution in [0.5, 0.6) is 5.75 Å². The molecule has 9 heteroatoms. The third-order valence-electron chi connectivity index (χ3n) is 5.92. The maximum Gasteiger partial charge on any atom is 0.446 e. The van der Waals surface area contributed by atoms with Gasteiger partial charge in [-0.1, -0.05) is 49.4 Å². The molecule has 0 heterocycles. The number of alkyl halides is 3. The minimum absolute atomic E-state index is 0.0192. The molecule has 1 saturated carbocycles. The van der Waals surface area contributed by atoms with E-state index in [4.69, 9.17) is 4.74 Å². The van der Waals surface area contributed by atoms with E-state index in [1.165, 1.54) is 24.3 Å². The molecule has 178 valence electrons. The van der Waals surface area contributed by atoms with Crippen LogP contribution in [0.15, 0.2) is 65.6 Å². The van der Waals surface area contributed by atoms with Gasteiger partial charge in [-0.15, -0.1) is 0 Å². The summed E-state index contributed by atoms with van der Waals surface area (Å²) in [6.45, 7) is 1.84. The van der Waals surface area contributed by atoms with Gasteiger partial charge in [0.2, 0.25) is 0 Å². The molecule has 2 N–H and O–H groups in total. The van der Waals surface area contributed by atoms with Crippen LogP contribution in [-0.4, -0.2) is 28.5 Å². The van der Waals surface area contributed by atoms with Gasteiger partial charge in [-0.2, -0.15) is 13.2 Å². The number of carbonyl (C=O) groups excluding carboxylic acids is 1. The fourth-order valence-corrected chi connectivity index (χ4v) is 4.29. The van der Waals surface area contributed by atoms with E-state index in [9.17, 15) is 27.9 Å². The summed E-state index contributed by atoms with van der Waals surface area (Å²) in [6, 6.07) is 15.4. The van der Waals surface area contributed by atoms with Crippen LogP contribution in [0.2, 0.25) is 0 Å². The highest BCUT2D eigenvalue weighted by molar-refractivity contribution is 8.00. The van der Waals surface area contributed by atoms with Crippen molar-refractivity contribution in [1.82, 2.24) is 5.32 Å². The van der Waals surface area contributed by atoms with Gasteiger partial charge in [0.05, 0.1) is 5.56 Å². The Balaban J connectivity index is 1.59. The lowest BCUT2D eigenvalue weighted by Gasteiger charge is -2.22. The van der Waals surface area contributed by atoms with E-state index in [0.717, 1.165) is 5.39 Å². The summed E-state index contributed by atoms with van der Waals surface area (Å²) in [5.74, 6) is -1.36. The first-order valence-electron chi connectivity index (χ1n) is 10.6. The molecule has 0 aromatic heterocycles. The summed E-state index contributed by atoms with van der Waals surface area (Å²) in [7, 11) is 0. The highest BCUT2D eigenvalue weighted by Gasteiger charge is 2.49. The Morgan fingerprint density at radius 1 is 1.09 bits per heavy atom. The number of aliphatic carboxylic acids is 1. The molecule has 1 atom stereocenters. The van der Waals surface area contributed by atoms with Crippen LogP contribution in [0.3, 0.4) is 0 Å². The molecule has 34 heavy (non-hydrogen) atoms. The van der Waals surface area contributed by atoms with Crippen LogP contribution < -0.4 is 10.1 Å². The Morgan fingerprint density at radius 2 is 1.76 bits per heavy atom. The molecular formula is C25H22F3NO4S. The van der Waals surface area contributed by atoms with Crippen molar-refractivity contribution in [3.05, 3.63) is 71.8 Å². The lowest BCUT2D eigenvalue weighted by atomic mass is 9.98. The molecular weight excluding hydrogens is 467 g/mol. The number of hydrogen-bond acceptors (Lipinski definition) is 4. The summed E-state index contributed by atoms with van der Waals surface area (Å²) in [6.07, 6.45) is 1.43. The van der Waals surface area contributed by atoms with Crippen LogP contribution >= 0.6 is 11.8 Å². The van der Waals surface area contributed by atoms with Gasteiger partial charge in [0.25, 0.3) is 5.91 Å². The second-order valence-corrected chi connectivity index (χ2v) is 9.68. The summed E-state index contributed by atoms with van der Waals surface area (Å²) >= 11 is -0.195. The van der Waals surface area contributed by atoms with E-state index < -0.39 is 28.8 Å². The van der Waals surface area contributed by atoms with E-state index in [-0.39, 0.29) is 34.6 Å². The molecule has 1 amide bonds. The summed E-state index contributed by atoms with van der Waals surface area (Å²) in [5.41, 5.74) is -4.03. The number of fused-ring (bicyclic) bond motifs is 1. The Labute approximate surface area is 198 Å².